The molecular weight excluding hydrogens is 371 g/mol. The number of carbonyl (C=O) groups excluding carboxylic acids is 2. The molecule has 2 fully saturated rings. The average molecular weight is 396 g/mol. The van der Waals surface area contributed by atoms with Crippen LogP contribution in [0.15, 0.2) is 23.1 Å². The Morgan fingerprint density at radius 2 is 1.85 bits per heavy atom. The number of carbonyl (C=O) groups is 2. The highest BCUT2D eigenvalue weighted by Crippen LogP contribution is 2.39. The summed E-state index contributed by atoms with van der Waals surface area (Å²) < 4.78 is 38.9. The molecule has 0 heterocycles. The van der Waals surface area contributed by atoms with Crippen LogP contribution >= 0.6 is 0 Å². The number of hydrogen-bond acceptors (Lipinski definition) is 5. The maximum Gasteiger partial charge on any atom is 0.235 e. The third kappa shape index (κ3) is 4.38. The van der Waals surface area contributed by atoms with Gasteiger partial charge in [0.1, 0.15) is 11.6 Å². The van der Waals surface area contributed by atoms with Gasteiger partial charge in [0.25, 0.3) is 0 Å². The van der Waals surface area contributed by atoms with Crippen LogP contribution in [0.4, 0.5) is 4.39 Å². The average Bonchev–Trinajstić information content (AvgIpc) is 2.54. The fourth-order valence-corrected chi connectivity index (χ4v) is 5.64. The molecule has 6 nitrogen and oxygen atoms in total. The number of nitrogens with one attached hydrogen (secondary N) is 1. The van der Waals surface area contributed by atoms with Crippen LogP contribution in [0, 0.1) is 17.7 Å². The van der Waals surface area contributed by atoms with Crippen LogP contribution in [-0.2, 0) is 14.6 Å². The smallest absolute Gasteiger partial charge is 0.235 e. The quantitative estimate of drug-likeness (QED) is 0.739. The normalized spacial score (nSPS) is 27.8. The lowest BCUT2D eigenvalue weighted by molar-refractivity contribution is -0.120. The molecule has 2 bridgehead atoms. The molecule has 2 aliphatic rings. The lowest BCUT2D eigenvalue weighted by atomic mass is 9.67. The van der Waals surface area contributed by atoms with Crippen LogP contribution in [-0.4, -0.2) is 37.9 Å². The maximum atomic E-state index is 13.9. The molecular formula is C19H25FN2O4S. The molecule has 27 heavy (non-hydrogen) atoms. The van der Waals surface area contributed by atoms with Crippen molar-refractivity contribution in [1.29, 1.82) is 0 Å². The standard InChI is InChI=1S/C19H25FN2O4S/c1-11(23)16-6-5-15(9-17(16)20)27(25,26)10-18(24)22-19-12-3-2-4-13(19)8-14(21)7-12/h5-6,9,12-14,19H,2-4,7-8,10,21H2,1H3,(H,22,24). The highest BCUT2D eigenvalue weighted by atomic mass is 32.2. The molecule has 2 unspecified atom stereocenters. The Balaban J connectivity index is 1.70. The minimum Gasteiger partial charge on any atom is -0.352 e. The molecule has 8 heteroatoms. The molecule has 2 aliphatic carbocycles. The number of ketones is 1. The Morgan fingerprint density at radius 1 is 1.22 bits per heavy atom. The number of halogens is 1. The fraction of sp³-hybridized carbons (Fsp3) is 0.579. The number of rotatable bonds is 5. The van der Waals surface area contributed by atoms with Gasteiger partial charge in [0.2, 0.25) is 5.91 Å². The third-order valence-corrected chi connectivity index (χ3v) is 7.32. The van der Waals surface area contributed by atoms with Gasteiger partial charge in [-0.25, -0.2) is 12.8 Å². The van der Waals surface area contributed by atoms with E-state index < -0.39 is 33.1 Å². The van der Waals surface area contributed by atoms with E-state index in [0.29, 0.717) is 0 Å². The Kier molecular flexibility index (Phi) is 5.67. The molecule has 1 aromatic carbocycles. The second-order valence-electron chi connectivity index (χ2n) is 7.73. The molecule has 3 N–H and O–H groups in total. The van der Waals surface area contributed by atoms with Crippen molar-refractivity contribution in [3.05, 3.63) is 29.6 Å². The van der Waals surface area contributed by atoms with E-state index in [2.05, 4.69) is 5.32 Å². The molecule has 0 aromatic heterocycles. The van der Waals surface area contributed by atoms with Crippen molar-refractivity contribution in [2.45, 2.75) is 56.0 Å². The first-order valence-corrected chi connectivity index (χ1v) is 10.9. The topological polar surface area (TPSA) is 106 Å². The van der Waals surface area contributed by atoms with E-state index in [0.717, 1.165) is 50.3 Å². The van der Waals surface area contributed by atoms with Crippen molar-refractivity contribution >= 4 is 21.5 Å². The van der Waals surface area contributed by atoms with Gasteiger partial charge in [-0.05, 0) is 62.6 Å². The predicted octanol–water partition coefficient (Wildman–Crippen LogP) is 1.82. The highest BCUT2D eigenvalue weighted by molar-refractivity contribution is 7.92. The lowest BCUT2D eigenvalue weighted by Gasteiger charge is -2.45. The van der Waals surface area contributed by atoms with E-state index in [1.54, 1.807) is 0 Å². The zero-order valence-corrected chi connectivity index (χ0v) is 16.1. The predicted molar refractivity (Wildman–Crippen MR) is 98.4 cm³/mol. The minimum atomic E-state index is -4.00. The van der Waals surface area contributed by atoms with E-state index in [1.807, 2.05) is 0 Å². The van der Waals surface area contributed by atoms with Gasteiger partial charge in [-0.1, -0.05) is 6.42 Å². The van der Waals surface area contributed by atoms with Gasteiger partial charge in [0.15, 0.2) is 15.6 Å². The van der Waals surface area contributed by atoms with Gasteiger partial charge in [0, 0.05) is 12.1 Å². The molecule has 148 valence electrons. The molecule has 1 amide bonds. The lowest BCUT2D eigenvalue weighted by Crippen LogP contribution is -2.54. The second-order valence-corrected chi connectivity index (χ2v) is 9.72. The van der Waals surface area contributed by atoms with Crippen LogP contribution in [0.3, 0.4) is 0 Å². The number of hydrogen-bond donors (Lipinski definition) is 2. The highest BCUT2D eigenvalue weighted by Gasteiger charge is 2.40. The Bertz CT molecular complexity index is 841. The van der Waals surface area contributed by atoms with Crippen molar-refractivity contribution < 1.29 is 22.4 Å². The number of sulfone groups is 1. The van der Waals surface area contributed by atoms with Crippen molar-refractivity contribution in [1.82, 2.24) is 5.32 Å². The molecule has 1 aromatic rings. The summed E-state index contributed by atoms with van der Waals surface area (Å²) in [5, 5.41) is 2.89. The molecule has 0 aliphatic heterocycles. The van der Waals surface area contributed by atoms with Crippen molar-refractivity contribution in [3.63, 3.8) is 0 Å². The maximum absolute atomic E-state index is 13.9. The number of fused-ring (bicyclic) bond motifs is 2. The number of Topliss-reactive ketones (excluding diaryl/α,β-unsaturated/α-hetero) is 1. The summed E-state index contributed by atoms with van der Waals surface area (Å²) in [5.41, 5.74) is 5.90. The Hall–Kier alpha value is -1.80. The van der Waals surface area contributed by atoms with E-state index in [-0.39, 0.29) is 34.4 Å². The van der Waals surface area contributed by atoms with Crippen LogP contribution in [0.1, 0.15) is 49.4 Å². The molecule has 2 saturated carbocycles. The van der Waals surface area contributed by atoms with Gasteiger partial charge < -0.3 is 11.1 Å². The van der Waals surface area contributed by atoms with E-state index in [1.165, 1.54) is 6.92 Å². The number of nitrogens with two attached hydrogens (primary N) is 1. The van der Waals surface area contributed by atoms with Gasteiger partial charge in [0.05, 0.1) is 10.5 Å². The first kappa shape index (κ1) is 19.9. The summed E-state index contributed by atoms with van der Waals surface area (Å²) in [7, 11) is -4.00. The van der Waals surface area contributed by atoms with E-state index >= 15 is 0 Å². The second kappa shape index (κ2) is 7.67. The van der Waals surface area contributed by atoms with Crippen LogP contribution in [0.2, 0.25) is 0 Å². The number of benzene rings is 1. The van der Waals surface area contributed by atoms with Gasteiger partial charge in [-0.15, -0.1) is 0 Å². The summed E-state index contributed by atoms with van der Waals surface area (Å²) in [6.07, 6.45) is 4.76. The van der Waals surface area contributed by atoms with Gasteiger partial charge in [-0.2, -0.15) is 0 Å². The summed E-state index contributed by atoms with van der Waals surface area (Å²) in [6.45, 7) is 1.20. The van der Waals surface area contributed by atoms with Crippen LogP contribution in [0.25, 0.3) is 0 Å². The third-order valence-electron chi connectivity index (χ3n) is 5.70. The van der Waals surface area contributed by atoms with Gasteiger partial charge >= 0.3 is 0 Å². The number of amides is 1. The van der Waals surface area contributed by atoms with E-state index in [9.17, 15) is 22.4 Å². The summed E-state index contributed by atoms with van der Waals surface area (Å²) in [5.74, 6) is -2.15. The summed E-state index contributed by atoms with van der Waals surface area (Å²) in [6, 6.07) is 3.19. The minimum absolute atomic E-state index is 0.0434. The van der Waals surface area contributed by atoms with Crippen molar-refractivity contribution in [2.24, 2.45) is 17.6 Å². The molecule has 3 rings (SSSR count). The fourth-order valence-electron chi connectivity index (χ4n) is 4.48. The van der Waals surface area contributed by atoms with E-state index in [4.69, 9.17) is 5.73 Å². The zero-order valence-electron chi connectivity index (χ0n) is 15.3. The van der Waals surface area contributed by atoms with Crippen LogP contribution in [0.5, 0.6) is 0 Å². The summed E-state index contributed by atoms with van der Waals surface area (Å²) >= 11 is 0. The SMILES string of the molecule is CC(=O)c1ccc(S(=O)(=O)CC(=O)NC2C3CCCC2CC(N)C3)cc1F. The molecule has 0 radical (unpaired) electrons. The van der Waals surface area contributed by atoms with Gasteiger partial charge in [-0.3, -0.25) is 9.59 Å². The first-order chi connectivity index (χ1) is 12.7. The van der Waals surface area contributed by atoms with Crippen molar-refractivity contribution in [2.75, 3.05) is 5.75 Å². The Morgan fingerprint density at radius 3 is 2.41 bits per heavy atom. The molecule has 0 saturated heterocycles. The zero-order chi connectivity index (χ0) is 19.8. The monoisotopic (exact) mass is 396 g/mol. The molecule has 2 atom stereocenters. The Labute approximate surface area is 158 Å². The summed E-state index contributed by atoms with van der Waals surface area (Å²) in [4.78, 5) is 23.4. The first-order valence-electron chi connectivity index (χ1n) is 9.25. The molecule has 0 spiro atoms. The van der Waals surface area contributed by atoms with Crippen molar-refractivity contribution in [3.8, 4) is 0 Å². The largest absolute Gasteiger partial charge is 0.352 e. The van der Waals surface area contributed by atoms with Crippen LogP contribution < -0.4 is 11.1 Å².